The molecule has 0 aliphatic carbocycles. The van der Waals surface area contributed by atoms with Crippen LogP contribution in [-0.2, 0) is 0 Å². The van der Waals surface area contributed by atoms with E-state index in [1.807, 2.05) is 0 Å². The van der Waals surface area contributed by atoms with Crippen molar-refractivity contribution < 1.29 is 4.92 Å². The van der Waals surface area contributed by atoms with E-state index in [9.17, 15) is 10.1 Å². The van der Waals surface area contributed by atoms with Gasteiger partial charge in [0, 0.05) is 11.8 Å². The molecular formula is C8H7N5O2. The lowest BCUT2D eigenvalue weighted by Crippen LogP contribution is -2.01. The zero-order valence-electron chi connectivity index (χ0n) is 7.57. The fourth-order valence-corrected chi connectivity index (χ4v) is 1.22. The highest BCUT2D eigenvalue weighted by molar-refractivity contribution is 5.59. The van der Waals surface area contributed by atoms with Crippen LogP contribution in [0, 0.1) is 10.1 Å². The van der Waals surface area contributed by atoms with Crippen molar-refractivity contribution >= 4 is 11.4 Å². The van der Waals surface area contributed by atoms with E-state index in [1.54, 1.807) is 6.07 Å². The third-order valence-electron chi connectivity index (χ3n) is 1.87. The first-order valence-electron chi connectivity index (χ1n) is 4.09. The Kier molecular flexibility index (Phi) is 2.05. The van der Waals surface area contributed by atoms with Gasteiger partial charge in [-0.2, -0.15) is 0 Å². The number of rotatable bonds is 2. The number of nitrogens with zero attached hydrogens (tertiary/aromatic N) is 4. The molecule has 15 heavy (non-hydrogen) atoms. The van der Waals surface area contributed by atoms with E-state index in [-0.39, 0.29) is 5.69 Å². The van der Waals surface area contributed by atoms with E-state index in [0.717, 1.165) is 0 Å². The fourth-order valence-electron chi connectivity index (χ4n) is 1.22. The molecule has 0 aliphatic rings. The van der Waals surface area contributed by atoms with E-state index in [4.69, 9.17) is 5.73 Å². The third kappa shape index (κ3) is 1.62. The van der Waals surface area contributed by atoms with Gasteiger partial charge in [0.25, 0.3) is 5.69 Å². The van der Waals surface area contributed by atoms with Gasteiger partial charge in [0.15, 0.2) is 0 Å². The standard InChI is InChI=1S/C8H7N5O2/c9-6-1-2-7(8(5-6)13(14)15)12-4-3-10-11-12/h1-5H,9H2. The highest BCUT2D eigenvalue weighted by atomic mass is 16.6. The first kappa shape index (κ1) is 9.13. The zero-order valence-corrected chi connectivity index (χ0v) is 7.57. The Morgan fingerprint density at radius 3 is 2.87 bits per heavy atom. The summed E-state index contributed by atoms with van der Waals surface area (Å²) in [5.74, 6) is 0. The number of nitro benzene ring substituents is 1. The van der Waals surface area contributed by atoms with Gasteiger partial charge in [-0.1, -0.05) is 5.21 Å². The number of nitrogens with two attached hydrogens (primary N) is 1. The van der Waals surface area contributed by atoms with E-state index in [1.165, 1.54) is 29.2 Å². The predicted molar refractivity (Wildman–Crippen MR) is 52.4 cm³/mol. The van der Waals surface area contributed by atoms with Crippen molar-refractivity contribution in [3.05, 3.63) is 40.7 Å². The summed E-state index contributed by atoms with van der Waals surface area (Å²) in [6.45, 7) is 0. The molecule has 0 atom stereocenters. The van der Waals surface area contributed by atoms with Crippen molar-refractivity contribution in [2.75, 3.05) is 5.73 Å². The summed E-state index contributed by atoms with van der Waals surface area (Å²) in [6.07, 6.45) is 2.97. The van der Waals surface area contributed by atoms with E-state index in [2.05, 4.69) is 10.3 Å². The second-order valence-corrected chi connectivity index (χ2v) is 2.85. The Morgan fingerprint density at radius 1 is 1.47 bits per heavy atom. The molecule has 0 unspecified atom stereocenters. The summed E-state index contributed by atoms with van der Waals surface area (Å²) in [5, 5.41) is 18.0. The third-order valence-corrected chi connectivity index (χ3v) is 1.87. The average molecular weight is 205 g/mol. The van der Waals surface area contributed by atoms with Crippen molar-refractivity contribution in [2.24, 2.45) is 0 Å². The van der Waals surface area contributed by atoms with Gasteiger partial charge in [-0.3, -0.25) is 10.1 Å². The Hall–Kier alpha value is -2.44. The first-order chi connectivity index (χ1) is 7.18. The van der Waals surface area contributed by atoms with Crippen LogP contribution in [-0.4, -0.2) is 19.9 Å². The van der Waals surface area contributed by atoms with Crippen LogP contribution in [0.4, 0.5) is 11.4 Å². The van der Waals surface area contributed by atoms with Gasteiger partial charge >= 0.3 is 0 Å². The van der Waals surface area contributed by atoms with Crippen LogP contribution < -0.4 is 5.73 Å². The minimum atomic E-state index is -0.507. The highest BCUT2D eigenvalue weighted by Crippen LogP contribution is 2.24. The van der Waals surface area contributed by atoms with E-state index in [0.29, 0.717) is 11.4 Å². The number of hydrogen-bond donors (Lipinski definition) is 1. The molecule has 0 radical (unpaired) electrons. The van der Waals surface area contributed by atoms with Crippen molar-refractivity contribution in [3.8, 4) is 5.69 Å². The quantitative estimate of drug-likeness (QED) is 0.443. The molecule has 0 fully saturated rings. The molecule has 7 nitrogen and oxygen atoms in total. The van der Waals surface area contributed by atoms with Gasteiger partial charge in [-0.05, 0) is 12.1 Å². The normalized spacial score (nSPS) is 10.1. The summed E-state index contributed by atoms with van der Waals surface area (Å²) in [4.78, 5) is 10.3. The molecule has 7 heteroatoms. The van der Waals surface area contributed by atoms with Gasteiger partial charge in [0.2, 0.25) is 0 Å². The van der Waals surface area contributed by atoms with Gasteiger partial charge in [0.1, 0.15) is 5.69 Å². The van der Waals surface area contributed by atoms with Crippen LogP contribution in [0.2, 0.25) is 0 Å². The number of anilines is 1. The second-order valence-electron chi connectivity index (χ2n) is 2.85. The van der Waals surface area contributed by atoms with Crippen LogP contribution in [0.15, 0.2) is 30.6 Å². The maximum absolute atomic E-state index is 10.8. The summed E-state index contributed by atoms with van der Waals surface area (Å²) >= 11 is 0. The molecule has 0 aliphatic heterocycles. The Labute approximate surface area is 84.3 Å². The lowest BCUT2D eigenvalue weighted by Gasteiger charge is -2.02. The smallest absolute Gasteiger partial charge is 0.296 e. The first-order valence-corrected chi connectivity index (χ1v) is 4.09. The van der Waals surface area contributed by atoms with E-state index >= 15 is 0 Å². The number of benzene rings is 1. The Bertz CT molecular complexity index is 494. The molecule has 0 saturated carbocycles. The molecule has 2 N–H and O–H groups in total. The zero-order chi connectivity index (χ0) is 10.8. The van der Waals surface area contributed by atoms with Crippen molar-refractivity contribution in [2.45, 2.75) is 0 Å². The minimum absolute atomic E-state index is 0.0968. The van der Waals surface area contributed by atoms with Crippen LogP contribution >= 0.6 is 0 Å². The maximum Gasteiger partial charge on any atom is 0.296 e. The summed E-state index contributed by atoms with van der Waals surface area (Å²) in [7, 11) is 0. The minimum Gasteiger partial charge on any atom is -0.399 e. The van der Waals surface area contributed by atoms with E-state index < -0.39 is 4.92 Å². The predicted octanol–water partition coefficient (Wildman–Crippen LogP) is 0.758. The molecule has 1 heterocycles. The highest BCUT2D eigenvalue weighted by Gasteiger charge is 2.15. The van der Waals surface area contributed by atoms with Crippen LogP contribution in [0.25, 0.3) is 5.69 Å². The topological polar surface area (TPSA) is 99.9 Å². The molecule has 76 valence electrons. The van der Waals surface area contributed by atoms with Gasteiger partial charge in [-0.25, -0.2) is 4.68 Å². The molecule has 0 saturated heterocycles. The maximum atomic E-state index is 10.8. The number of nitrogen functional groups attached to an aromatic ring is 1. The fraction of sp³-hybridized carbons (Fsp3) is 0. The van der Waals surface area contributed by atoms with Crippen molar-refractivity contribution in [1.29, 1.82) is 0 Å². The van der Waals surface area contributed by atoms with Gasteiger partial charge < -0.3 is 5.73 Å². The Balaban J connectivity index is 2.61. The number of hydrogen-bond acceptors (Lipinski definition) is 5. The number of aromatic nitrogens is 3. The summed E-state index contributed by atoms with van der Waals surface area (Å²) in [6, 6.07) is 4.39. The van der Waals surface area contributed by atoms with Crippen LogP contribution in [0.1, 0.15) is 0 Å². The lowest BCUT2D eigenvalue weighted by molar-refractivity contribution is -0.384. The van der Waals surface area contributed by atoms with Crippen molar-refractivity contribution in [3.63, 3.8) is 0 Å². The van der Waals surface area contributed by atoms with Gasteiger partial charge in [-0.15, -0.1) is 5.10 Å². The van der Waals surface area contributed by atoms with Crippen LogP contribution in [0.3, 0.4) is 0 Å². The molecule has 0 amide bonds. The van der Waals surface area contributed by atoms with Crippen LogP contribution in [0.5, 0.6) is 0 Å². The van der Waals surface area contributed by atoms with Gasteiger partial charge in [0.05, 0.1) is 17.3 Å². The molecule has 2 rings (SSSR count). The summed E-state index contributed by atoms with van der Waals surface area (Å²) < 4.78 is 1.32. The SMILES string of the molecule is Nc1ccc(-n2ccnn2)c([N+](=O)[O-])c1. The average Bonchev–Trinajstić information content (AvgIpc) is 2.70. The monoisotopic (exact) mass is 205 g/mol. The summed E-state index contributed by atoms with van der Waals surface area (Å²) in [5.41, 5.74) is 6.05. The molecular weight excluding hydrogens is 198 g/mol. The van der Waals surface area contributed by atoms with Crippen molar-refractivity contribution in [1.82, 2.24) is 15.0 Å². The lowest BCUT2D eigenvalue weighted by atomic mass is 10.2. The molecule has 0 spiro atoms. The molecule has 1 aromatic carbocycles. The molecule has 0 bridgehead atoms. The largest absolute Gasteiger partial charge is 0.399 e. The Morgan fingerprint density at radius 2 is 2.27 bits per heavy atom. The molecule has 1 aromatic heterocycles. The second kappa shape index (κ2) is 3.37. The molecule has 2 aromatic rings. The number of nitro groups is 1.